The molecular weight excluding hydrogens is 385 g/mol. The third kappa shape index (κ3) is 3.47. The van der Waals surface area contributed by atoms with Crippen molar-refractivity contribution < 1.29 is 0 Å². The normalized spacial score (nSPS) is 10.6. The molecule has 1 N–H and O–H groups in total. The van der Waals surface area contributed by atoms with E-state index in [0.29, 0.717) is 0 Å². The maximum Gasteiger partial charge on any atom is 0.107 e. The maximum absolute atomic E-state index is 6.00. The lowest BCUT2D eigenvalue weighted by atomic mass is 10.2. The van der Waals surface area contributed by atoms with Crippen LogP contribution < -0.4 is 5.32 Å². The topological polar surface area (TPSA) is 12.0 Å². The largest absolute Gasteiger partial charge is 0.379 e. The van der Waals surface area contributed by atoms with Gasteiger partial charge in [-0.15, -0.1) is 11.3 Å². The fraction of sp³-hybridized carbons (Fsp3) is 0.167. The number of thiophene rings is 1. The summed E-state index contributed by atoms with van der Waals surface area (Å²) in [6.07, 6.45) is 0. The Hall–Kier alpha value is -0.0300. The third-order valence-corrected chi connectivity index (χ3v) is 5.44. The van der Waals surface area contributed by atoms with Crippen molar-refractivity contribution in [3.8, 4) is 0 Å². The van der Waals surface area contributed by atoms with Crippen molar-refractivity contribution in [1.82, 2.24) is 0 Å². The second kappa shape index (κ2) is 5.74. The zero-order valence-electron chi connectivity index (χ0n) is 9.06. The first-order valence-electron chi connectivity index (χ1n) is 5.00. The Morgan fingerprint density at radius 2 is 2.00 bits per heavy atom. The number of hydrogen-bond acceptors (Lipinski definition) is 2. The quantitative estimate of drug-likeness (QED) is 0.688. The number of benzene rings is 1. The zero-order valence-corrected chi connectivity index (χ0v) is 13.8. The first-order chi connectivity index (χ1) is 8.06. The van der Waals surface area contributed by atoms with Gasteiger partial charge in [0.1, 0.15) is 4.34 Å². The van der Waals surface area contributed by atoms with Crippen LogP contribution in [0.1, 0.15) is 10.4 Å². The van der Waals surface area contributed by atoms with E-state index >= 15 is 0 Å². The SMILES string of the molecule is Cc1ccc(Br)c(NCc2cc(Br)c(Cl)s2)c1. The first kappa shape index (κ1) is 13.4. The van der Waals surface area contributed by atoms with Gasteiger partial charge in [0.05, 0.1) is 0 Å². The Kier molecular flexibility index (Phi) is 4.53. The monoisotopic (exact) mass is 393 g/mol. The molecule has 1 heterocycles. The van der Waals surface area contributed by atoms with Crippen molar-refractivity contribution in [2.45, 2.75) is 13.5 Å². The van der Waals surface area contributed by atoms with E-state index in [1.165, 1.54) is 10.4 Å². The molecule has 2 rings (SSSR count). The molecule has 0 bridgehead atoms. The summed E-state index contributed by atoms with van der Waals surface area (Å²) < 4.78 is 2.83. The highest BCUT2D eigenvalue weighted by molar-refractivity contribution is 9.11. The molecule has 0 aliphatic carbocycles. The van der Waals surface area contributed by atoms with Crippen molar-refractivity contribution in [2.75, 3.05) is 5.32 Å². The van der Waals surface area contributed by atoms with E-state index in [-0.39, 0.29) is 0 Å². The van der Waals surface area contributed by atoms with Crippen LogP contribution in [0.25, 0.3) is 0 Å². The van der Waals surface area contributed by atoms with Crippen molar-refractivity contribution in [3.63, 3.8) is 0 Å². The number of rotatable bonds is 3. The molecule has 17 heavy (non-hydrogen) atoms. The van der Waals surface area contributed by atoms with E-state index in [0.717, 1.165) is 25.5 Å². The summed E-state index contributed by atoms with van der Waals surface area (Å²) >= 11 is 14.5. The Morgan fingerprint density at radius 1 is 1.24 bits per heavy atom. The summed E-state index contributed by atoms with van der Waals surface area (Å²) in [5.74, 6) is 0. The average Bonchev–Trinajstić information content (AvgIpc) is 2.60. The number of nitrogens with one attached hydrogen (secondary N) is 1. The summed E-state index contributed by atoms with van der Waals surface area (Å²) in [6, 6.07) is 8.29. The van der Waals surface area contributed by atoms with Gasteiger partial charge in [-0.2, -0.15) is 0 Å². The summed E-state index contributed by atoms with van der Waals surface area (Å²) in [4.78, 5) is 1.20. The molecule has 1 aromatic carbocycles. The molecule has 0 fully saturated rings. The molecule has 0 saturated heterocycles. The average molecular weight is 396 g/mol. The van der Waals surface area contributed by atoms with Crippen LogP contribution in [-0.2, 0) is 6.54 Å². The molecule has 1 nitrogen and oxygen atoms in total. The van der Waals surface area contributed by atoms with Gasteiger partial charge in [0.15, 0.2) is 0 Å². The van der Waals surface area contributed by atoms with Crippen LogP contribution in [-0.4, -0.2) is 0 Å². The van der Waals surface area contributed by atoms with Crippen LogP contribution in [0, 0.1) is 6.92 Å². The molecule has 5 heteroatoms. The van der Waals surface area contributed by atoms with E-state index < -0.39 is 0 Å². The second-order valence-electron chi connectivity index (χ2n) is 3.67. The Balaban J connectivity index is 2.09. The van der Waals surface area contributed by atoms with E-state index in [1.807, 2.05) is 6.07 Å². The Morgan fingerprint density at radius 3 is 2.65 bits per heavy atom. The lowest BCUT2D eigenvalue weighted by Gasteiger charge is -2.08. The van der Waals surface area contributed by atoms with Crippen LogP contribution in [0.5, 0.6) is 0 Å². The minimum atomic E-state index is 0.776. The van der Waals surface area contributed by atoms with Gasteiger partial charge in [0.2, 0.25) is 0 Å². The van der Waals surface area contributed by atoms with Gasteiger partial charge in [0.25, 0.3) is 0 Å². The van der Waals surface area contributed by atoms with Gasteiger partial charge in [-0.05, 0) is 62.5 Å². The molecule has 0 amide bonds. The number of anilines is 1. The predicted molar refractivity (Wildman–Crippen MR) is 83.2 cm³/mol. The number of halogens is 3. The zero-order chi connectivity index (χ0) is 12.4. The van der Waals surface area contributed by atoms with Gasteiger partial charge < -0.3 is 5.32 Å². The fourth-order valence-corrected chi connectivity index (χ4v) is 3.55. The van der Waals surface area contributed by atoms with Crippen molar-refractivity contribution >= 4 is 60.5 Å². The van der Waals surface area contributed by atoms with E-state index in [2.05, 4.69) is 62.3 Å². The molecule has 0 saturated carbocycles. The lowest BCUT2D eigenvalue weighted by molar-refractivity contribution is 1.18. The predicted octanol–water partition coefficient (Wildman–Crippen LogP) is 5.85. The van der Waals surface area contributed by atoms with Crippen molar-refractivity contribution in [1.29, 1.82) is 0 Å². The minimum Gasteiger partial charge on any atom is -0.379 e. The van der Waals surface area contributed by atoms with Gasteiger partial charge in [-0.3, -0.25) is 0 Å². The van der Waals surface area contributed by atoms with Crippen LogP contribution in [0.3, 0.4) is 0 Å². The van der Waals surface area contributed by atoms with Gasteiger partial charge in [0, 0.05) is 26.1 Å². The molecular formula is C12H10Br2ClNS. The van der Waals surface area contributed by atoms with Gasteiger partial charge >= 0.3 is 0 Å². The lowest BCUT2D eigenvalue weighted by Crippen LogP contribution is -1.98. The maximum atomic E-state index is 6.00. The van der Waals surface area contributed by atoms with E-state index in [4.69, 9.17) is 11.6 Å². The van der Waals surface area contributed by atoms with Gasteiger partial charge in [-0.1, -0.05) is 17.7 Å². The van der Waals surface area contributed by atoms with E-state index in [9.17, 15) is 0 Å². The van der Waals surface area contributed by atoms with Crippen LogP contribution >= 0.6 is 54.8 Å². The first-order valence-corrected chi connectivity index (χ1v) is 7.78. The summed E-state index contributed by atoms with van der Waals surface area (Å²) in [6.45, 7) is 2.86. The van der Waals surface area contributed by atoms with Crippen molar-refractivity contribution in [3.05, 3.63) is 48.0 Å². The van der Waals surface area contributed by atoms with E-state index in [1.54, 1.807) is 11.3 Å². The molecule has 0 aliphatic rings. The van der Waals surface area contributed by atoms with Gasteiger partial charge in [-0.25, -0.2) is 0 Å². The van der Waals surface area contributed by atoms with Crippen LogP contribution in [0.4, 0.5) is 5.69 Å². The molecule has 0 aliphatic heterocycles. The summed E-state index contributed by atoms with van der Waals surface area (Å²) in [5.41, 5.74) is 2.34. The number of hydrogen-bond donors (Lipinski definition) is 1. The summed E-state index contributed by atoms with van der Waals surface area (Å²) in [7, 11) is 0. The molecule has 0 atom stereocenters. The Bertz CT molecular complexity index is 520. The van der Waals surface area contributed by atoms with Crippen LogP contribution in [0.2, 0.25) is 4.34 Å². The molecule has 1 aromatic heterocycles. The van der Waals surface area contributed by atoms with Crippen molar-refractivity contribution in [2.24, 2.45) is 0 Å². The molecule has 0 radical (unpaired) electrons. The molecule has 2 aromatic rings. The molecule has 0 spiro atoms. The van der Waals surface area contributed by atoms with Crippen LogP contribution in [0.15, 0.2) is 33.2 Å². The smallest absolute Gasteiger partial charge is 0.107 e. The minimum absolute atomic E-state index is 0.776. The highest BCUT2D eigenvalue weighted by Crippen LogP contribution is 2.33. The molecule has 90 valence electrons. The Labute approximate surface area is 126 Å². The standard InChI is InChI=1S/C12H10Br2ClNS/c1-7-2-3-9(13)11(4-7)16-6-8-5-10(14)12(15)17-8/h2-5,16H,6H2,1H3. The summed E-state index contributed by atoms with van der Waals surface area (Å²) in [5, 5.41) is 3.39. The highest BCUT2D eigenvalue weighted by atomic mass is 79.9. The number of aryl methyl sites for hydroxylation is 1. The fourth-order valence-electron chi connectivity index (χ4n) is 1.44. The molecule has 0 unspecified atom stereocenters. The second-order valence-corrected chi connectivity index (χ2v) is 7.12. The third-order valence-electron chi connectivity index (χ3n) is 2.27. The highest BCUT2D eigenvalue weighted by Gasteiger charge is 2.05.